The molecule has 96 valence electrons. The van der Waals surface area contributed by atoms with Gasteiger partial charge in [0, 0.05) is 9.79 Å². The zero-order chi connectivity index (χ0) is 13.4. The van der Waals surface area contributed by atoms with E-state index in [0.717, 1.165) is 0 Å². The summed E-state index contributed by atoms with van der Waals surface area (Å²) >= 11 is -4.16. The molecule has 0 spiro atoms. The fourth-order valence-corrected chi connectivity index (χ4v) is 1.82. The zero-order valence-electron chi connectivity index (χ0n) is 9.93. The van der Waals surface area contributed by atoms with Gasteiger partial charge in [-0.1, -0.05) is 36.4 Å². The molecule has 7 heteroatoms. The number of benzene rings is 2. The van der Waals surface area contributed by atoms with Crippen LogP contribution in [0.4, 0.5) is 0 Å². The second kappa shape index (κ2) is 10.2. The molecule has 0 aliphatic heterocycles. The zero-order valence-corrected chi connectivity index (χ0v) is 13.0. The van der Waals surface area contributed by atoms with E-state index >= 15 is 0 Å². The van der Waals surface area contributed by atoms with Crippen LogP contribution in [0.2, 0.25) is 0 Å². The molecule has 19 heavy (non-hydrogen) atoms. The summed E-state index contributed by atoms with van der Waals surface area (Å²) in [7, 11) is 0. The molecule has 0 bridgehead atoms. The maximum absolute atomic E-state index is 10.2. The summed E-state index contributed by atoms with van der Waals surface area (Å²) in [6.07, 6.45) is 0. The van der Waals surface area contributed by atoms with Crippen molar-refractivity contribution in [1.82, 2.24) is 0 Å². The molecule has 2 unspecified atom stereocenters. The fraction of sp³-hybridized carbons (Fsp3) is 0. The quantitative estimate of drug-likeness (QED) is 0.621. The third-order valence-corrected chi connectivity index (χ3v) is 3.19. The van der Waals surface area contributed by atoms with E-state index in [1.807, 2.05) is 0 Å². The van der Waals surface area contributed by atoms with E-state index in [1.165, 1.54) is 0 Å². The van der Waals surface area contributed by atoms with Crippen LogP contribution in [-0.2, 0) is 22.2 Å². The van der Waals surface area contributed by atoms with Gasteiger partial charge >= 0.3 is 23.1 Å². The Kier molecular flexibility index (Phi) is 9.93. The van der Waals surface area contributed by atoms with Gasteiger partial charge in [0.1, 0.15) is 0 Å². The van der Waals surface area contributed by atoms with Gasteiger partial charge in [-0.2, -0.15) is 0 Å². The van der Waals surface area contributed by atoms with Gasteiger partial charge in [0.05, 0.1) is 0 Å². The molecule has 0 N–H and O–H groups in total. The molecule has 0 aromatic heterocycles. The van der Waals surface area contributed by atoms with Crippen molar-refractivity contribution in [2.24, 2.45) is 0 Å². The molecule has 0 heterocycles. The van der Waals surface area contributed by atoms with Crippen LogP contribution >= 0.6 is 0 Å². The molecule has 2 rings (SSSR count). The Morgan fingerprint density at radius 1 is 0.632 bits per heavy atom. The van der Waals surface area contributed by atoms with Gasteiger partial charge in [0.2, 0.25) is 0 Å². The van der Waals surface area contributed by atoms with Crippen molar-refractivity contribution in [2.45, 2.75) is 9.79 Å². The predicted octanol–water partition coefficient (Wildman–Crippen LogP) is 1.47. The molecular weight excluding hydrogens is 297 g/mol. The molecular formula is C12H10MgO4S2. The van der Waals surface area contributed by atoms with Crippen LogP contribution in [-0.4, -0.2) is 40.6 Å². The van der Waals surface area contributed by atoms with E-state index in [2.05, 4.69) is 0 Å². The van der Waals surface area contributed by atoms with Crippen molar-refractivity contribution < 1.29 is 17.5 Å². The molecule has 4 nitrogen and oxygen atoms in total. The number of rotatable bonds is 2. The average molecular weight is 307 g/mol. The molecule has 0 aliphatic rings. The smallest absolute Gasteiger partial charge is 0.768 e. The second-order valence-electron chi connectivity index (χ2n) is 3.10. The molecule has 0 saturated heterocycles. The van der Waals surface area contributed by atoms with Gasteiger partial charge in [-0.25, -0.2) is 0 Å². The molecule has 0 radical (unpaired) electrons. The van der Waals surface area contributed by atoms with E-state index in [1.54, 1.807) is 60.7 Å². The Morgan fingerprint density at radius 3 is 1.05 bits per heavy atom. The Hall–Kier alpha value is -0.574. The van der Waals surface area contributed by atoms with E-state index in [-0.39, 0.29) is 23.1 Å². The molecule has 0 fully saturated rings. The first-order valence-corrected chi connectivity index (χ1v) is 7.05. The van der Waals surface area contributed by atoms with E-state index in [9.17, 15) is 17.5 Å². The van der Waals surface area contributed by atoms with Crippen molar-refractivity contribution >= 4 is 45.2 Å². The Bertz CT molecular complexity index is 470. The minimum absolute atomic E-state index is 0. The molecule has 0 saturated carbocycles. The first kappa shape index (κ1) is 18.4. The monoisotopic (exact) mass is 306 g/mol. The third kappa shape index (κ3) is 7.56. The van der Waals surface area contributed by atoms with Gasteiger partial charge in [-0.15, -0.1) is 0 Å². The van der Waals surface area contributed by atoms with Crippen molar-refractivity contribution in [3.8, 4) is 0 Å². The van der Waals surface area contributed by atoms with Crippen LogP contribution in [0.5, 0.6) is 0 Å². The second-order valence-corrected chi connectivity index (χ2v) is 4.98. The van der Waals surface area contributed by atoms with Crippen molar-refractivity contribution in [3.63, 3.8) is 0 Å². The van der Waals surface area contributed by atoms with E-state index in [0.29, 0.717) is 9.79 Å². The van der Waals surface area contributed by atoms with Crippen molar-refractivity contribution in [1.29, 1.82) is 0 Å². The third-order valence-electron chi connectivity index (χ3n) is 1.87. The van der Waals surface area contributed by atoms with Crippen molar-refractivity contribution in [3.05, 3.63) is 60.7 Å². The molecule has 2 aromatic rings. The minimum atomic E-state index is -2.08. The summed E-state index contributed by atoms with van der Waals surface area (Å²) in [5.41, 5.74) is 0. The van der Waals surface area contributed by atoms with Crippen LogP contribution in [0.1, 0.15) is 0 Å². The summed E-state index contributed by atoms with van der Waals surface area (Å²) in [5, 5.41) is 0. The first-order valence-electron chi connectivity index (χ1n) is 4.90. The van der Waals surface area contributed by atoms with Gasteiger partial charge in [0.25, 0.3) is 0 Å². The van der Waals surface area contributed by atoms with E-state index < -0.39 is 22.2 Å². The average Bonchev–Trinajstić information content (AvgIpc) is 2.41. The Labute approximate surface area is 133 Å². The van der Waals surface area contributed by atoms with Gasteiger partial charge in [-0.3, -0.25) is 8.42 Å². The van der Waals surface area contributed by atoms with Crippen LogP contribution in [0.3, 0.4) is 0 Å². The Balaban J connectivity index is 0.000000324. The summed E-state index contributed by atoms with van der Waals surface area (Å²) in [4.78, 5) is 0.662. The summed E-state index contributed by atoms with van der Waals surface area (Å²) in [6.45, 7) is 0. The van der Waals surface area contributed by atoms with E-state index in [4.69, 9.17) is 0 Å². The molecule has 0 aliphatic carbocycles. The normalized spacial score (nSPS) is 12.3. The number of hydrogen-bond donors (Lipinski definition) is 0. The SMILES string of the molecule is O=S([O-])c1ccccc1.O=S([O-])c1ccccc1.[Mg+2]. The maximum Gasteiger partial charge on any atom is 2.00 e. The molecule has 2 atom stereocenters. The Morgan fingerprint density at radius 2 is 0.895 bits per heavy atom. The first-order chi connectivity index (χ1) is 8.61. The van der Waals surface area contributed by atoms with Crippen LogP contribution < -0.4 is 0 Å². The summed E-state index contributed by atoms with van der Waals surface area (Å²) in [6, 6.07) is 16.5. The molecule has 0 amide bonds. The van der Waals surface area contributed by atoms with Gasteiger partial charge in [0.15, 0.2) is 0 Å². The van der Waals surface area contributed by atoms with Crippen LogP contribution in [0.25, 0.3) is 0 Å². The summed E-state index contributed by atoms with van der Waals surface area (Å²) in [5.74, 6) is 0. The largest absolute Gasteiger partial charge is 2.00 e. The predicted molar refractivity (Wildman–Crippen MR) is 73.0 cm³/mol. The standard InChI is InChI=1S/2C6H6O2S.Mg/c2*7-9(8)6-4-2-1-3-5-6;/h2*1-5H,(H,7,8);/q;;+2/p-2. The topological polar surface area (TPSA) is 80.3 Å². The number of hydrogen-bond acceptors (Lipinski definition) is 4. The van der Waals surface area contributed by atoms with Crippen LogP contribution in [0.15, 0.2) is 70.5 Å². The van der Waals surface area contributed by atoms with Crippen LogP contribution in [0, 0.1) is 0 Å². The maximum atomic E-state index is 10.2. The molecule has 2 aromatic carbocycles. The fourth-order valence-electron chi connectivity index (χ4n) is 1.06. The van der Waals surface area contributed by atoms with Gasteiger partial charge in [-0.05, 0) is 46.4 Å². The van der Waals surface area contributed by atoms with Gasteiger partial charge < -0.3 is 9.11 Å². The summed E-state index contributed by atoms with van der Waals surface area (Å²) < 4.78 is 40.8. The minimum Gasteiger partial charge on any atom is -0.768 e. The van der Waals surface area contributed by atoms with Crippen molar-refractivity contribution in [2.75, 3.05) is 0 Å².